The molecule has 0 aromatic carbocycles. The molecule has 1 heterocycles. The number of pyridine rings is 1. The van der Waals surface area contributed by atoms with E-state index in [1.165, 1.54) is 0 Å². The maximum absolute atomic E-state index is 11.1. The summed E-state index contributed by atoms with van der Waals surface area (Å²) in [5, 5.41) is 0.338. The largest absolute Gasteiger partial charge is 0.291 e. The van der Waals surface area contributed by atoms with E-state index < -0.39 is 0 Å². The predicted molar refractivity (Wildman–Crippen MR) is 47.1 cm³/mol. The molecule has 0 aliphatic heterocycles. The molecule has 0 atom stereocenters. The number of ketones is 1. The third kappa shape index (κ3) is 1.87. The topological polar surface area (TPSA) is 30.0 Å². The zero-order valence-electron chi connectivity index (χ0n) is 6.17. The molecule has 1 aromatic rings. The first kappa shape index (κ1) is 8.40. The van der Waals surface area contributed by atoms with Gasteiger partial charge < -0.3 is 0 Å². The second kappa shape index (κ2) is 3.62. The SMILES string of the molecule is Cc1cccnc1C(=O)CBr. The van der Waals surface area contributed by atoms with Crippen molar-refractivity contribution < 1.29 is 4.79 Å². The Morgan fingerprint density at radius 3 is 3.00 bits per heavy atom. The maximum Gasteiger partial charge on any atom is 0.191 e. The first-order valence-electron chi connectivity index (χ1n) is 3.26. The van der Waals surface area contributed by atoms with E-state index in [1.807, 2.05) is 19.1 Å². The molecule has 0 amide bonds. The zero-order chi connectivity index (χ0) is 8.27. The van der Waals surface area contributed by atoms with Crippen molar-refractivity contribution in [3.8, 4) is 0 Å². The van der Waals surface area contributed by atoms with Gasteiger partial charge in [0, 0.05) is 6.20 Å². The van der Waals surface area contributed by atoms with E-state index in [2.05, 4.69) is 20.9 Å². The van der Waals surface area contributed by atoms with E-state index in [0.717, 1.165) is 5.56 Å². The number of alkyl halides is 1. The average Bonchev–Trinajstić information content (AvgIpc) is 2.04. The number of hydrogen-bond donors (Lipinski definition) is 0. The smallest absolute Gasteiger partial charge is 0.191 e. The van der Waals surface area contributed by atoms with Gasteiger partial charge in [0.2, 0.25) is 0 Å². The quantitative estimate of drug-likeness (QED) is 0.556. The molecule has 1 rings (SSSR count). The summed E-state index contributed by atoms with van der Waals surface area (Å²) in [4.78, 5) is 15.1. The molecule has 0 unspecified atom stereocenters. The van der Waals surface area contributed by atoms with Crippen LogP contribution in [-0.4, -0.2) is 16.1 Å². The summed E-state index contributed by atoms with van der Waals surface area (Å²) in [5.74, 6) is 0.0306. The van der Waals surface area contributed by atoms with Gasteiger partial charge in [-0.05, 0) is 18.6 Å². The standard InChI is InChI=1S/C8H8BrNO/c1-6-3-2-4-10-8(6)7(11)5-9/h2-4H,5H2,1H3. The molecule has 0 saturated carbocycles. The molecular weight excluding hydrogens is 206 g/mol. The Hall–Kier alpha value is -0.700. The van der Waals surface area contributed by atoms with Crippen molar-refractivity contribution in [1.82, 2.24) is 4.98 Å². The van der Waals surface area contributed by atoms with Crippen LogP contribution < -0.4 is 0 Å². The number of aromatic nitrogens is 1. The van der Waals surface area contributed by atoms with Gasteiger partial charge in [0.05, 0.1) is 5.33 Å². The van der Waals surface area contributed by atoms with Crippen LogP contribution in [0.2, 0.25) is 0 Å². The van der Waals surface area contributed by atoms with Gasteiger partial charge in [-0.2, -0.15) is 0 Å². The van der Waals surface area contributed by atoms with Crippen molar-refractivity contribution in [2.45, 2.75) is 6.92 Å². The highest BCUT2D eigenvalue weighted by molar-refractivity contribution is 9.09. The van der Waals surface area contributed by atoms with E-state index >= 15 is 0 Å². The van der Waals surface area contributed by atoms with Gasteiger partial charge in [-0.3, -0.25) is 9.78 Å². The molecule has 2 nitrogen and oxygen atoms in total. The lowest BCUT2D eigenvalue weighted by atomic mass is 10.2. The van der Waals surface area contributed by atoms with Crippen LogP contribution in [0.25, 0.3) is 0 Å². The number of aryl methyl sites for hydroxylation is 1. The molecule has 0 aliphatic carbocycles. The summed E-state index contributed by atoms with van der Waals surface area (Å²) in [5.41, 5.74) is 1.49. The first-order chi connectivity index (χ1) is 5.25. The average molecular weight is 214 g/mol. The molecule has 0 saturated heterocycles. The fourth-order valence-corrected chi connectivity index (χ4v) is 1.11. The second-order valence-corrected chi connectivity index (χ2v) is 2.79. The normalized spacial score (nSPS) is 9.64. The molecule has 0 spiro atoms. The van der Waals surface area contributed by atoms with Gasteiger partial charge in [0.25, 0.3) is 0 Å². The fourth-order valence-electron chi connectivity index (χ4n) is 0.841. The molecule has 58 valence electrons. The zero-order valence-corrected chi connectivity index (χ0v) is 7.76. The number of carbonyl (C=O) groups is 1. The van der Waals surface area contributed by atoms with Gasteiger partial charge in [-0.25, -0.2) is 0 Å². The lowest BCUT2D eigenvalue weighted by Gasteiger charge is -1.98. The van der Waals surface area contributed by atoms with E-state index in [9.17, 15) is 4.79 Å². The van der Waals surface area contributed by atoms with Gasteiger partial charge in [-0.15, -0.1) is 0 Å². The Labute approximate surface area is 73.8 Å². The minimum Gasteiger partial charge on any atom is -0.291 e. The van der Waals surface area contributed by atoms with Crippen LogP contribution in [0.1, 0.15) is 16.1 Å². The third-order valence-corrected chi connectivity index (χ3v) is 1.90. The van der Waals surface area contributed by atoms with Crippen molar-refractivity contribution in [2.75, 3.05) is 5.33 Å². The fraction of sp³-hybridized carbons (Fsp3) is 0.250. The van der Waals surface area contributed by atoms with Crippen molar-refractivity contribution in [3.05, 3.63) is 29.6 Å². The third-order valence-electron chi connectivity index (χ3n) is 1.39. The van der Waals surface area contributed by atoms with Crippen LogP contribution >= 0.6 is 15.9 Å². The van der Waals surface area contributed by atoms with E-state index in [1.54, 1.807) is 6.20 Å². The molecule has 11 heavy (non-hydrogen) atoms. The number of nitrogens with zero attached hydrogens (tertiary/aromatic N) is 1. The van der Waals surface area contributed by atoms with Crippen LogP contribution in [-0.2, 0) is 0 Å². The minimum atomic E-state index is 0.0306. The Kier molecular flexibility index (Phi) is 2.76. The predicted octanol–water partition coefficient (Wildman–Crippen LogP) is 1.97. The maximum atomic E-state index is 11.1. The lowest BCUT2D eigenvalue weighted by molar-refractivity contribution is 0.101. The second-order valence-electron chi connectivity index (χ2n) is 2.23. The number of hydrogen-bond acceptors (Lipinski definition) is 2. The van der Waals surface area contributed by atoms with Crippen molar-refractivity contribution >= 4 is 21.7 Å². The van der Waals surface area contributed by atoms with Gasteiger partial charge in [0.1, 0.15) is 5.69 Å². The molecule has 3 heteroatoms. The molecule has 1 aromatic heterocycles. The van der Waals surface area contributed by atoms with E-state index in [4.69, 9.17) is 0 Å². The number of rotatable bonds is 2. The Morgan fingerprint density at radius 2 is 2.45 bits per heavy atom. The van der Waals surface area contributed by atoms with Crippen LogP contribution in [0.3, 0.4) is 0 Å². The summed E-state index contributed by atoms with van der Waals surface area (Å²) < 4.78 is 0. The molecule has 0 aliphatic rings. The first-order valence-corrected chi connectivity index (χ1v) is 4.38. The molecule has 0 N–H and O–H groups in total. The number of halogens is 1. The molecular formula is C8H8BrNO. The minimum absolute atomic E-state index is 0.0306. The van der Waals surface area contributed by atoms with Gasteiger partial charge in [0.15, 0.2) is 5.78 Å². The van der Waals surface area contributed by atoms with Crippen LogP contribution in [0, 0.1) is 6.92 Å². The van der Waals surface area contributed by atoms with Gasteiger partial charge in [-0.1, -0.05) is 22.0 Å². The van der Waals surface area contributed by atoms with Gasteiger partial charge >= 0.3 is 0 Å². The highest BCUT2D eigenvalue weighted by Crippen LogP contribution is 2.04. The Morgan fingerprint density at radius 1 is 1.73 bits per heavy atom. The summed E-state index contributed by atoms with van der Waals surface area (Å²) in [6, 6.07) is 3.70. The lowest BCUT2D eigenvalue weighted by Crippen LogP contribution is -2.04. The Bertz CT molecular complexity index is 273. The highest BCUT2D eigenvalue weighted by atomic mass is 79.9. The van der Waals surface area contributed by atoms with Crippen molar-refractivity contribution in [2.24, 2.45) is 0 Å². The molecule has 0 bridgehead atoms. The summed E-state index contributed by atoms with van der Waals surface area (Å²) in [6.45, 7) is 1.88. The van der Waals surface area contributed by atoms with Crippen LogP contribution in [0.15, 0.2) is 18.3 Å². The number of Topliss-reactive ketones (excluding diaryl/α,β-unsaturated/α-hetero) is 1. The summed E-state index contributed by atoms with van der Waals surface area (Å²) in [7, 11) is 0. The Balaban J connectivity index is 3.03. The van der Waals surface area contributed by atoms with Crippen molar-refractivity contribution in [3.63, 3.8) is 0 Å². The summed E-state index contributed by atoms with van der Waals surface area (Å²) in [6.07, 6.45) is 1.63. The van der Waals surface area contributed by atoms with Crippen LogP contribution in [0.4, 0.5) is 0 Å². The monoisotopic (exact) mass is 213 g/mol. The summed E-state index contributed by atoms with van der Waals surface area (Å²) >= 11 is 3.10. The van der Waals surface area contributed by atoms with E-state index in [-0.39, 0.29) is 5.78 Å². The molecule has 0 fully saturated rings. The molecule has 0 radical (unpaired) electrons. The van der Waals surface area contributed by atoms with Crippen LogP contribution in [0.5, 0.6) is 0 Å². The van der Waals surface area contributed by atoms with Crippen molar-refractivity contribution in [1.29, 1.82) is 0 Å². The number of carbonyl (C=O) groups excluding carboxylic acids is 1. The van der Waals surface area contributed by atoms with E-state index in [0.29, 0.717) is 11.0 Å². The highest BCUT2D eigenvalue weighted by Gasteiger charge is 2.06.